The Balaban J connectivity index is 0. The molecule has 0 aliphatic carbocycles. The minimum Gasteiger partial charge on any atom is -0.0988 e. The summed E-state index contributed by atoms with van der Waals surface area (Å²) in [6, 6.07) is 0. The molecule has 0 aliphatic rings. The molecule has 0 aromatic carbocycles. The van der Waals surface area contributed by atoms with E-state index in [4.69, 9.17) is 0 Å². The predicted molar refractivity (Wildman–Crippen MR) is 50.1 cm³/mol. The zero-order valence-corrected chi connectivity index (χ0v) is 7.35. The van der Waals surface area contributed by atoms with Gasteiger partial charge in [-0.3, -0.25) is 0 Å². The van der Waals surface area contributed by atoms with Gasteiger partial charge in [-0.15, -0.1) is 0 Å². The standard InChI is InChI=1S/C5H8.C5H10/c1-4-5(2)3;1-3-5-4-2/h4H,1-2H2,3H3;3,5H,4H2,1-2H3. The van der Waals surface area contributed by atoms with E-state index in [1.807, 2.05) is 13.8 Å². The van der Waals surface area contributed by atoms with E-state index in [2.05, 4.69) is 32.2 Å². The van der Waals surface area contributed by atoms with Gasteiger partial charge >= 0.3 is 0 Å². The summed E-state index contributed by atoms with van der Waals surface area (Å²) in [5.74, 6) is 0. The molecule has 0 amide bonds. The van der Waals surface area contributed by atoms with Crippen LogP contribution in [0, 0.1) is 0 Å². The molecule has 0 unspecified atom stereocenters. The van der Waals surface area contributed by atoms with Crippen molar-refractivity contribution in [3.05, 3.63) is 37.0 Å². The first-order valence-corrected chi connectivity index (χ1v) is 3.58. The zero-order valence-electron chi connectivity index (χ0n) is 7.35. The van der Waals surface area contributed by atoms with Gasteiger partial charge < -0.3 is 0 Å². The summed E-state index contributed by atoms with van der Waals surface area (Å²) in [5.41, 5.74) is 1.02. The lowest BCUT2D eigenvalue weighted by Gasteiger charge is -1.71. The van der Waals surface area contributed by atoms with E-state index >= 15 is 0 Å². The summed E-state index contributed by atoms with van der Waals surface area (Å²) in [5, 5.41) is 0. The summed E-state index contributed by atoms with van der Waals surface area (Å²) in [4.78, 5) is 0. The Morgan fingerprint density at radius 1 is 1.50 bits per heavy atom. The molecule has 0 heterocycles. The summed E-state index contributed by atoms with van der Waals surface area (Å²) in [6.45, 7) is 13.1. The molecule has 0 aromatic rings. The summed E-state index contributed by atoms with van der Waals surface area (Å²) in [6.07, 6.45) is 7.07. The summed E-state index contributed by atoms with van der Waals surface area (Å²) >= 11 is 0. The molecule has 58 valence electrons. The molecule has 0 atom stereocenters. The first-order valence-electron chi connectivity index (χ1n) is 3.58. The van der Waals surface area contributed by atoms with Crippen molar-refractivity contribution in [2.24, 2.45) is 0 Å². The van der Waals surface area contributed by atoms with E-state index in [1.54, 1.807) is 6.08 Å². The molecule has 0 saturated heterocycles. The average molecular weight is 138 g/mol. The van der Waals surface area contributed by atoms with E-state index in [-0.39, 0.29) is 0 Å². The van der Waals surface area contributed by atoms with E-state index in [9.17, 15) is 0 Å². The minimum absolute atomic E-state index is 1.02. The Hall–Kier alpha value is -0.780. The maximum absolute atomic E-state index is 3.56. The molecule has 10 heavy (non-hydrogen) atoms. The molecule has 0 aromatic heterocycles. The normalized spacial score (nSPS) is 8.30. The second kappa shape index (κ2) is 11.1. The van der Waals surface area contributed by atoms with Crippen LogP contribution >= 0.6 is 0 Å². The zero-order chi connectivity index (χ0) is 8.41. The maximum Gasteiger partial charge on any atom is -0.0379 e. The van der Waals surface area contributed by atoms with E-state index in [0.717, 1.165) is 12.0 Å². The average Bonchev–Trinajstić information content (AvgIpc) is 1.91. The number of hydrogen-bond acceptors (Lipinski definition) is 0. The Labute approximate surface area is 65.0 Å². The maximum atomic E-state index is 3.56. The second-order valence-electron chi connectivity index (χ2n) is 2.03. The van der Waals surface area contributed by atoms with Gasteiger partial charge in [-0.25, -0.2) is 0 Å². The van der Waals surface area contributed by atoms with Crippen LogP contribution in [0.2, 0.25) is 0 Å². The molecule has 0 rings (SSSR count). The first-order chi connectivity index (χ1) is 4.68. The van der Waals surface area contributed by atoms with Crippen LogP contribution in [0.3, 0.4) is 0 Å². The largest absolute Gasteiger partial charge is 0.0988 e. The van der Waals surface area contributed by atoms with Crippen molar-refractivity contribution in [1.82, 2.24) is 0 Å². The van der Waals surface area contributed by atoms with Crippen LogP contribution in [-0.2, 0) is 0 Å². The Morgan fingerprint density at radius 2 is 1.90 bits per heavy atom. The van der Waals surface area contributed by atoms with Gasteiger partial charge in [-0.1, -0.05) is 43.9 Å². The van der Waals surface area contributed by atoms with Gasteiger partial charge in [0.2, 0.25) is 0 Å². The highest BCUT2D eigenvalue weighted by molar-refractivity contribution is 5.05. The van der Waals surface area contributed by atoms with Gasteiger partial charge in [0.15, 0.2) is 0 Å². The molecule has 0 heteroatoms. The molecule has 0 fully saturated rings. The molecule has 0 saturated carbocycles. The van der Waals surface area contributed by atoms with Gasteiger partial charge in [-0.05, 0) is 20.3 Å². The van der Waals surface area contributed by atoms with Crippen molar-refractivity contribution in [1.29, 1.82) is 0 Å². The smallest absolute Gasteiger partial charge is 0.0379 e. The highest BCUT2D eigenvalue weighted by Gasteiger charge is 1.59. The van der Waals surface area contributed by atoms with E-state index < -0.39 is 0 Å². The van der Waals surface area contributed by atoms with Crippen LogP contribution in [0.15, 0.2) is 37.0 Å². The molecular formula is C10H18. The Kier molecular flexibility index (Phi) is 13.2. The molecule has 0 nitrogen and oxygen atoms in total. The van der Waals surface area contributed by atoms with Gasteiger partial charge in [-0.2, -0.15) is 0 Å². The van der Waals surface area contributed by atoms with Crippen molar-refractivity contribution >= 4 is 0 Å². The van der Waals surface area contributed by atoms with Gasteiger partial charge in [0, 0.05) is 0 Å². The molecule has 0 N–H and O–H groups in total. The van der Waals surface area contributed by atoms with Gasteiger partial charge in [0.1, 0.15) is 0 Å². The van der Waals surface area contributed by atoms with Crippen LogP contribution in [0.1, 0.15) is 27.2 Å². The van der Waals surface area contributed by atoms with E-state index in [0.29, 0.717) is 0 Å². The first kappa shape index (κ1) is 12.0. The van der Waals surface area contributed by atoms with E-state index in [1.165, 1.54) is 0 Å². The molecular weight excluding hydrogens is 120 g/mol. The summed E-state index contributed by atoms with van der Waals surface area (Å²) < 4.78 is 0. The van der Waals surface area contributed by atoms with Gasteiger partial charge in [0.05, 0.1) is 0 Å². The SMILES string of the molecule is C=CC(=C)C.CC=CCC. The third-order valence-electron chi connectivity index (χ3n) is 0.820. The predicted octanol–water partition coefficient (Wildman–Crippen LogP) is 3.72. The van der Waals surface area contributed by atoms with Crippen LogP contribution in [0.4, 0.5) is 0 Å². The fraction of sp³-hybridized carbons (Fsp3) is 0.400. The van der Waals surface area contributed by atoms with Crippen molar-refractivity contribution in [2.75, 3.05) is 0 Å². The van der Waals surface area contributed by atoms with Crippen LogP contribution in [0.25, 0.3) is 0 Å². The molecule has 0 bridgehead atoms. The van der Waals surface area contributed by atoms with Crippen molar-refractivity contribution in [3.8, 4) is 0 Å². The number of allylic oxidation sites excluding steroid dienone is 4. The fourth-order valence-corrected chi connectivity index (χ4v) is 0.236. The number of hydrogen-bond donors (Lipinski definition) is 0. The fourth-order valence-electron chi connectivity index (χ4n) is 0.236. The highest BCUT2D eigenvalue weighted by Crippen LogP contribution is 1.81. The van der Waals surface area contributed by atoms with Crippen molar-refractivity contribution < 1.29 is 0 Å². The highest BCUT2D eigenvalue weighted by atomic mass is 13.7. The lowest BCUT2D eigenvalue weighted by atomic mass is 10.4. The monoisotopic (exact) mass is 138 g/mol. The van der Waals surface area contributed by atoms with Gasteiger partial charge in [0.25, 0.3) is 0 Å². The topological polar surface area (TPSA) is 0 Å². The number of rotatable bonds is 2. The van der Waals surface area contributed by atoms with Crippen LogP contribution < -0.4 is 0 Å². The quantitative estimate of drug-likeness (QED) is 0.403. The third-order valence-corrected chi connectivity index (χ3v) is 0.820. The second-order valence-corrected chi connectivity index (χ2v) is 2.03. The molecule has 0 radical (unpaired) electrons. The lowest BCUT2D eigenvalue weighted by molar-refractivity contribution is 1.22. The molecule has 0 spiro atoms. The van der Waals surface area contributed by atoms with Crippen molar-refractivity contribution in [3.63, 3.8) is 0 Å². The Bertz CT molecular complexity index is 107. The minimum atomic E-state index is 1.02. The van der Waals surface area contributed by atoms with Crippen LogP contribution in [-0.4, -0.2) is 0 Å². The molecule has 0 aliphatic heterocycles. The Morgan fingerprint density at radius 3 is 1.90 bits per heavy atom. The van der Waals surface area contributed by atoms with Crippen molar-refractivity contribution in [2.45, 2.75) is 27.2 Å². The lowest BCUT2D eigenvalue weighted by Crippen LogP contribution is -1.50. The third kappa shape index (κ3) is 26.9. The van der Waals surface area contributed by atoms with Crippen LogP contribution in [0.5, 0.6) is 0 Å². The summed E-state index contributed by atoms with van der Waals surface area (Å²) in [7, 11) is 0.